The predicted octanol–water partition coefficient (Wildman–Crippen LogP) is 4.84. The van der Waals surface area contributed by atoms with Crippen LogP contribution in [-0.2, 0) is 36.0 Å². The fourth-order valence-electron chi connectivity index (χ4n) is 1.31. The molecule has 3 nitrogen and oxygen atoms in total. The van der Waals surface area contributed by atoms with Crippen molar-refractivity contribution >= 4 is 10.1 Å². The minimum Gasteiger partial charge on any atom is -0.281 e. The molecular weight excluding hydrogens is 678 g/mol. The van der Waals surface area contributed by atoms with Crippen LogP contribution < -0.4 is 0 Å². The molecule has 0 aromatic heterocycles. The maximum atomic E-state index is 13.0. The summed E-state index contributed by atoms with van der Waals surface area (Å²) < 4.78 is 242. The van der Waals surface area contributed by atoms with Gasteiger partial charge in [0.05, 0.1) is 0 Å². The molecule has 0 aromatic carbocycles. The number of alkyl halides is 17. The molecule has 0 heterocycles. The Hall–Kier alpha value is -0.410. The second-order valence-corrected chi connectivity index (χ2v) is 6.40. The fourth-order valence-corrected chi connectivity index (χ4v) is 1.76. The third-order valence-electron chi connectivity index (χ3n) is 3.02. The van der Waals surface area contributed by atoms with Crippen LogP contribution in [0, 0.1) is 0 Å². The molecule has 0 saturated heterocycles. The minimum atomic E-state index is -8.89. The number of rotatable bonds is 7. The molecule has 0 fully saturated rings. The number of hydrogen-bond donors (Lipinski definition) is 1. The van der Waals surface area contributed by atoms with Crippen LogP contribution >= 0.6 is 0 Å². The molecule has 1 N–H and O–H groups in total. The van der Waals surface area contributed by atoms with E-state index in [1.165, 1.54) is 0 Å². The molecule has 0 saturated carbocycles. The Balaban J connectivity index is 0. The van der Waals surface area contributed by atoms with Crippen molar-refractivity contribution in [3.63, 3.8) is 0 Å². The molecule has 0 radical (unpaired) electrons. The van der Waals surface area contributed by atoms with Gasteiger partial charge in [0.2, 0.25) is 0 Å². The average molecular weight is 679 g/mol. The Morgan fingerprint density at radius 1 is 0.433 bits per heavy atom. The van der Waals surface area contributed by atoms with Gasteiger partial charge in [-0.05, 0) is 0 Å². The van der Waals surface area contributed by atoms with Crippen molar-refractivity contribution in [3.8, 4) is 0 Å². The van der Waals surface area contributed by atoms with Crippen LogP contribution in [0.2, 0.25) is 0 Å². The van der Waals surface area contributed by atoms with E-state index in [1.807, 2.05) is 0 Å². The first-order valence-electron chi connectivity index (χ1n) is 5.68. The van der Waals surface area contributed by atoms with E-state index >= 15 is 0 Å². The third-order valence-corrected chi connectivity index (χ3v) is 3.92. The van der Waals surface area contributed by atoms with Crippen LogP contribution in [-0.4, -0.2) is 59.9 Å². The van der Waals surface area contributed by atoms with Gasteiger partial charge in [0.25, 0.3) is 0 Å². The van der Waals surface area contributed by atoms with Crippen molar-refractivity contribution in [2.45, 2.75) is 47.0 Å². The zero-order valence-electron chi connectivity index (χ0n) is 12.6. The quantitative estimate of drug-likeness (QED) is 0.239. The van der Waals surface area contributed by atoms with Gasteiger partial charge in [-0.25, -0.2) is 0 Å². The van der Waals surface area contributed by atoms with E-state index in [1.54, 1.807) is 0 Å². The monoisotopic (exact) mass is 680 g/mol. The van der Waals surface area contributed by atoms with Gasteiger partial charge in [-0.15, -0.1) is 0 Å². The molecule has 0 spiro atoms. The average Bonchev–Trinajstić information content (AvgIpc) is 2.43. The zero-order chi connectivity index (χ0) is 24.5. The third kappa shape index (κ3) is 3.81. The van der Waals surface area contributed by atoms with Crippen LogP contribution in [0.5, 0.6) is 0 Å². The van der Waals surface area contributed by atoms with Crippen LogP contribution in [0.1, 0.15) is 0 Å². The van der Waals surface area contributed by atoms with E-state index in [9.17, 15) is 83.1 Å². The molecular formula is C8HF17HfO3S. The van der Waals surface area contributed by atoms with E-state index < -0.39 is 57.1 Å². The van der Waals surface area contributed by atoms with Crippen molar-refractivity contribution in [2.24, 2.45) is 0 Å². The molecule has 0 atom stereocenters. The molecule has 0 aromatic rings. The largest absolute Gasteiger partial charge is 0.460 e. The molecule has 0 aliphatic carbocycles. The van der Waals surface area contributed by atoms with Gasteiger partial charge in [0.15, 0.2) is 0 Å². The molecule has 30 heavy (non-hydrogen) atoms. The first-order valence-corrected chi connectivity index (χ1v) is 7.12. The van der Waals surface area contributed by atoms with E-state index in [2.05, 4.69) is 0 Å². The summed E-state index contributed by atoms with van der Waals surface area (Å²) in [4.78, 5) is 0. The smallest absolute Gasteiger partial charge is 0.281 e. The van der Waals surface area contributed by atoms with Gasteiger partial charge < -0.3 is 0 Å². The van der Waals surface area contributed by atoms with Crippen molar-refractivity contribution < 1.29 is 113 Å². The molecule has 0 bridgehead atoms. The number of halogens is 17. The van der Waals surface area contributed by atoms with E-state index in [-0.39, 0.29) is 25.8 Å². The SMILES string of the molecule is O=S(=O)(O)C(F)(F)C(F)(F)C(F)(F)C(F)(F)C(F)(F)C(F)(F)C(F)(F)C(F)(F)F.[Hf]. The Bertz CT molecular complexity index is 739. The molecule has 0 aliphatic heterocycles. The fraction of sp³-hybridized carbons (Fsp3) is 1.00. The van der Waals surface area contributed by atoms with Gasteiger partial charge in [-0.2, -0.15) is 83.1 Å². The molecule has 0 unspecified atom stereocenters. The Kier molecular flexibility index (Phi) is 8.03. The summed E-state index contributed by atoms with van der Waals surface area (Å²) in [6.45, 7) is 0. The van der Waals surface area contributed by atoms with E-state index in [4.69, 9.17) is 4.55 Å². The molecule has 22 heteroatoms. The molecule has 180 valence electrons. The first-order chi connectivity index (χ1) is 12.0. The topological polar surface area (TPSA) is 54.4 Å². The van der Waals surface area contributed by atoms with Crippen LogP contribution in [0.15, 0.2) is 0 Å². The standard InChI is InChI=1S/C8HF17O3S.Hf/c9-1(10,3(13,14)5(17,18)7(21,22)23)2(11,12)4(15,16)6(19,20)8(24,25)29(26,27)28;/h(H,26,27,28);. The van der Waals surface area contributed by atoms with Crippen LogP contribution in [0.25, 0.3) is 0 Å². The van der Waals surface area contributed by atoms with Crippen LogP contribution in [0.3, 0.4) is 0 Å². The normalized spacial score (nSPS) is 16.3. The van der Waals surface area contributed by atoms with Crippen molar-refractivity contribution in [3.05, 3.63) is 0 Å². The van der Waals surface area contributed by atoms with Crippen molar-refractivity contribution in [1.82, 2.24) is 0 Å². The summed E-state index contributed by atoms with van der Waals surface area (Å²) in [6.07, 6.45) is -7.88. The van der Waals surface area contributed by atoms with Crippen molar-refractivity contribution in [2.75, 3.05) is 0 Å². The predicted molar refractivity (Wildman–Crippen MR) is 52.2 cm³/mol. The van der Waals surface area contributed by atoms with Crippen molar-refractivity contribution in [1.29, 1.82) is 0 Å². The van der Waals surface area contributed by atoms with Gasteiger partial charge in [0, 0.05) is 25.8 Å². The summed E-state index contributed by atoms with van der Waals surface area (Å²) in [5.41, 5.74) is 0. The Morgan fingerprint density at radius 3 is 0.833 bits per heavy atom. The van der Waals surface area contributed by atoms with Crippen LogP contribution in [0.4, 0.5) is 74.6 Å². The summed E-state index contributed by atoms with van der Waals surface area (Å²) in [5, 5.41) is -7.84. The maximum absolute atomic E-state index is 13.0. The van der Waals surface area contributed by atoms with Gasteiger partial charge in [-0.1, -0.05) is 0 Å². The Morgan fingerprint density at radius 2 is 0.633 bits per heavy atom. The first kappa shape index (κ1) is 31.8. The molecule has 0 rings (SSSR count). The van der Waals surface area contributed by atoms with Gasteiger partial charge >= 0.3 is 57.1 Å². The maximum Gasteiger partial charge on any atom is 0.460 e. The van der Waals surface area contributed by atoms with E-state index in [0.717, 1.165) is 0 Å². The summed E-state index contributed by atoms with van der Waals surface area (Å²) in [7, 11) is -7.89. The zero-order valence-corrected chi connectivity index (χ0v) is 17.0. The van der Waals surface area contributed by atoms with E-state index in [0.29, 0.717) is 0 Å². The Labute approximate surface area is 171 Å². The second kappa shape index (κ2) is 7.58. The minimum absolute atomic E-state index is 0. The summed E-state index contributed by atoms with van der Waals surface area (Å²) >= 11 is 0. The second-order valence-electron chi connectivity index (χ2n) is 4.94. The number of hydrogen-bond acceptors (Lipinski definition) is 2. The summed E-state index contributed by atoms with van der Waals surface area (Å²) in [6, 6.07) is 0. The molecule has 0 amide bonds. The summed E-state index contributed by atoms with van der Waals surface area (Å²) in [5.74, 6) is -52.0. The molecule has 0 aliphatic rings. The van der Waals surface area contributed by atoms with Gasteiger partial charge in [0.1, 0.15) is 0 Å². The van der Waals surface area contributed by atoms with Gasteiger partial charge in [-0.3, -0.25) is 4.55 Å².